The molecule has 1 aliphatic heterocycles. The van der Waals surface area contributed by atoms with Crippen LogP contribution in [0.25, 0.3) is 0 Å². The van der Waals surface area contributed by atoms with Gasteiger partial charge in [-0.15, -0.1) is 0 Å². The molecule has 0 spiro atoms. The first kappa shape index (κ1) is 14.3. The van der Waals surface area contributed by atoms with E-state index in [4.69, 9.17) is 0 Å². The molecule has 3 nitrogen and oxygen atoms in total. The van der Waals surface area contributed by atoms with Crippen LogP contribution in [-0.2, 0) is 0 Å². The Labute approximate surface area is 112 Å². The highest BCUT2D eigenvalue weighted by molar-refractivity contribution is 4.90. The third-order valence-corrected chi connectivity index (χ3v) is 4.82. The third-order valence-electron chi connectivity index (χ3n) is 4.82. The lowest BCUT2D eigenvalue weighted by atomic mass is 9.71. The van der Waals surface area contributed by atoms with Crippen LogP contribution in [-0.4, -0.2) is 36.9 Å². The lowest BCUT2D eigenvalue weighted by Gasteiger charge is -2.40. The fraction of sp³-hybridized carbons (Fsp3) is 1.00. The highest BCUT2D eigenvalue weighted by atomic mass is 16.3. The third kappa shape index (κ3) is 4.22. The molecule has 0 aromatic rings. The average molecular weight is 254 g/mol. The summed E-state index contributed by atoms with van der Waals surface area (Å²) in [6.45, 7) is 8.77. The number of piperidine rings is 1. The molecule has 18 heavy (non-hydrogen) atoms. The lowest BCUT2D eigenvalue weighted by Crippen LogP contribution is -2.47. The van der Waals surface area contributed by atoms with Gasteiger partial charge in [-0.25, -0.2) is 0 Å². The summed E-state index contributed by atoms with van der Waals surface area (Å²) >= 11 is 0. The van der Waals surface area contributed by atoms with Gasteiger partial charge in [0.25, 0.3) is 0 Å². The average Bonchev–Trinajstić information content (AvgIpc) is 2.35. The minimum atomic E-state index is -0.447. The maximum absolute atomic E-state index is 10.6. The van der Waals surface area contributed by atoms with E-state index < -0.39 is 5.60 Å². The Morgan fingerprint density at radius 2 is 1.94 bits per heavy atom. The molecule has 106 valence electrons. The van der Waals surface area contributed by atoms with E-state index >= 15 is 0 Å². The maximum Gasteiger partial charge on any atom is 0.0772 e. The van der Waals surface area contributed by atoms with Crippen LogP contribution in [0.1, 0.15) is 52.4 Å². The molecule has 0 bridgehead atoms. The molecule has 1 atom stereocenters. The van der Waals surface area contributed by atoms with Crippen molar-refractivity contribution in [1.82, 2.24) is 10.6 Å². The molecule has 1 aliphatic carbocycles. The molecular weight excluding hydrogens is 224 g/mol. The molecule has 0 aromatic carbocycles. The molecule has 0 radical (unpaired) electrons. The number of nitrogens with one attached hydrogen (secondary N) is 2. The minimum absolute atomic E-state index is 0.430. The van der Waals surface area contributed by atoms with E-state index in [1.165, 1.54) is 19.4 Å². The van der Waals surface area contributed by atoms with Crippen molar-refractivity contribution in [1.29, 1.82) is 0 Å². The van der Waals surface area contributed by atoms with Gasteiger partial charge >= 0.3 is 0 Å². The second kappa shape index (κ2) is 5.89. The van der Waals surface area contributed by atoms with Crippen LogP contribution in [0.3, 0.4) is 0 Å². The van der Waals surface area contributed by atoms with Crippen LogP contribution in [0.15, 0.2) is 0 Å². The van der Waals surface area contributed by atoms with Gasteiger partial charge in [-0.3, -0.25) is 0 Å². The maximum atomic E-state index is 10.6. The summed E-state index contributed by atoms with van der Waals surface area (Å²) in [4.78, 5) is 0. The van der Waals surface area contributed by atoms with Gasteiger partial charge in [-0.05, 0) is 69.5 Å². The molecular formula is C15H30N2O. The van der Waals surface area contributed by atoms with E-state index in [0.29, 0.717) is 5.41 Å². The number of aliphatic hydroxyl groups is 1. The first-order valence-corrected chi connectivity index (χ1v) is 7.63. The Morgan fingerprint density at radius 1 is 1.22 bits per heavy atom. The topological polar surface area (TPSA) is 44.3 Å². The van der Waals surface area contributed by atoms with Gasteiger partial charge in [-0.2, -0.15) is 0 Å². The van der Waals surface area contributed by atoms with E-state index in [9.17, 15) is 5.11 Å². The first-order valence-electron chi connectivity index (χ1n) is 7.63. The van der Waals surface area contributed by atoms with E-state index in [2.05, 4.69) is 24.5 Å². The van der Waals surface area contributed by atoms with Gasteiger partial charge in [0.2, 0.25) is 0 Å². The van der Waals surface area contributed by atoms with Gasteiger partial charge < -0.3 is 15.7 Å². The zero-order valence-electron chi connectivity index (χ0n) is 12.1. The van der Waals surface area contributed by atoms with Gasteiger partial charge in [0.05, 0.1) is 5.60 Å². The van der Waals surface area contributed by atoms with Crippen molar-refractivity contribution in [2.75, 3.05) is 26.2 Å². The van der Waals surface area contributed by atoms with Gasteiger partial charge in [0.1, 0.15) is 0 Å². The summed E-state index contributed by atoms with van der Waals surface area (Å²) in [5.41, 5.74) is -0.0167. The van der Waals surface area contributed by atoms with E-state index in [0.717, 1.165) is 51.2 Å². The molecule has 1 saturated carbocycles. The molecule has 3 N–H and O–H groups in total. The Hall–Kier alpha value is -0.120. The van der Waals surface area contributed by atoms with Crippen LogP contribution in [0.5, 0.6) is 0 Å². The van der Waals surface area contributed by atoms with Crippen LogP contribution >= 0.6 is 0 Å². The summed E-state index contributed by atoms with van der Waals surface area (Å²) < 4.78 is 0. The molecule has 0 amide bonds. The SMILES string of the molecule is CC1(C)CCC(O)(CNCC2CCCNC2)CC1. The molecule has 2 fully saturated rings. The van der Waals surface area contributed by atoms with Gasteiger partial charge in [0.15, 0.2) is 0 Å². The van der Waals surface area contributed by atoms with Crippen molar-refractivity contribution in [3.05, 3.63) is 0 Å². The predicted molar refractivity (Wildman–Crippen MR) is 75.7 cm³/mol. The van der Waals surface area contributed by atoms with E-state index in [1.54, 1.807) is 0 Å². The standard InChI is InChI=1S/C15H30N2O/c1-14(2)5-7-15(18,8-6-14)12-17-11-13-4-3-9-16-10-13/h13,16-18H,3-12H2,1-2H3. The van der Waals surface area contributed by atoms with E-state index in [-0.39, 0.29) is 0 Å². The van der Waals surface area contributed by atoms with Crippen molar-refractivity contribution in [3.8, 4) is 0 Å². The van der Waals surface area contributed by atoms with Crippen LogP contribution < -0.4 is 10.6 Å². The first-order chi connectivity index (χ1) is 8.49. The van der Waals surface area contributed by atoms with Crippen molar-refractivity contribution >= 4 is 0 Å². The molecule has 3 heteroatoms. The second-order valence-corrected chi connectivity index (χ2v) is 7.23. The van der Waals surface area contributed by atoms with Crippen LogP contribution in [0, 0.1) is 11.3 Å². The summed E-state index contributed by atoms with van der Waals surface area (Å²) in [7, 11) is 0. The largest absolute Gasteiger partial charge is 0.389 e. The molecule has 1 saturated heterocycles. The zero-order valence-corrected chi connectivity index (χ0v) is 12.1. The molecule has 2 rings (SSSR count). The number of hydrogen-bond acceptors (Lipinski definition) is 3. The Kier molecular flexibility index (Phi) is 4.68. The molecule has 0 aromatic heterocycles. The minimum Gasteiger partial charge on any atom is -0.389 e. The molecule has 1 unspecified atom stereocenters. The summed E-state index contributed by atoms with van der Waals surface area (Å²) in [5, 5.41) is 17.5. The summed E-state index contributed by atoms with van der Waals surface area (Å²) in [6, 6.07) is 0. The van der Waals surface area contributed by atoms with E-state index in [1.807, 2.05) is 0 Å². The molecule has 1 heterocycles. The lowest BCUT2D eigenvalue weighted by molar-refractivity contribution is -0.0248. The fourth-order valence-corrected chi connectivity index (χ4v) is 3.18. The quantitative estimate of drug-likeness (QED) is 0.718. The van der Waals surface area contributed by atoms with Crippen LogP contribution in [0.4, 0.5) is 0 Å². The highest BCUT2D eigenvalue weighted by Crippen LogP contribution is 2.39. The van der Waals surface area contributed by atoms with Crippen molar-refractivity contribution in [3.63, 3.8) is 0 Å². The smallest absolute Gasteiger partial charge is 0.0772 e. The van der Waals surface area contributed by atoms with Crippen molar-refractivity contribution in [2.45, 2.75) is 58.0 Å². The monoisotopic (exact) mass is 254 g/mol. The molecule has 2 aliphatic rings. The normalized spacial score (nSPS) is 31.2. The summed E-state index contributed by atoms with van der Waals surface area (Å²) in [6.07, 6.45) is 6.83. The van der Waals surface area contributed by atoms with Gasteiger partial charge in [0, 0.05) is 6.54 Å². The zero-order chi connectivity index (χ0) is 13.1. The van der Waals surface area contributed by atoms with Crippen molar-refractivity contribution < 1.29 is 5.11 Å². The Morgan fingerprint density at radius 3 is 2.56 bits per heavy atom. The summed E-state index contributed by atoms with van der Waals surface area (Å²) in [5.74, 6) is 0.752. The fourth-order valence-electron chi connectivity index (χ4n) is 3.18. The Balaban J connectivity index is 1.66. The second-order valence-electron chi connectivity index (χ2n) is 7.23. The van der Waals surface area contributed by atoms with Crippen molar-refractivity contribution in [2.24, 2.45) is 11.3 Å². The predicted octanol–water partition coefficient (Wildman–Crippen LogP) is 1.91. The van der Waals surface area contributed by atoms with Gasteiger partial charge in [-0.1, -0.05) is 13.8 Å². The highest BCUT2D eigenvalue weighted by Gasteiger charge is 2.36. The number of rotatable bonds is 4. The Bertz CT molecular complexity index is 249. The van der Waals surface area contributed by atoms with Crippen LogP contribution in [0.2, 0.25) is 0 Å². The number of hydrogen-bond donors (Lipinski definition) is 3.